The molecule has 0 spiro atoms. The van der Waals surface area contributed by atoms with Gasteiger partial charge in [0.1, 0.15) is 5.75 Å². The van der Waals surface area contributed by atoms with Crippen molar-refractivity contribution in [3.63, 3.8) is 0 Å². The molecule has 1 atom stereocenters. The van der Waals surface area contributed by atoms with E-state index in [-0.39, 0.29) is 18.3 Å². The maximum absolute atomic E-state index is 12.2. The van der Waals surface area contributed by atoms with Crippen LogP contribution in [0.2, 0.25) is 0 Å². The summed E-state index contributed by atoms with van der Waals surface area (Å²) in [5, 5.41) is 2.78. The lowest BCUT2D eigenvalue weighted by atomic mass is 10.0. The third-order valence-electron chi connectivity index (χ3n) is 4.06. The molecule has 2 aromatic rings. The van der Waals surface area contributed by atoms with Crippen molar-refractivity contribution in [1.29, 1.82) is 0 Å². The summed E-state index contributed by atoms with van der Waals surface area (Å²) in [6.07, 6.45) is 0.176. The van der Waals surface area contributed by atoms with Gasteiger partial charge in [0.2, 0.25) is 11.7 Å². The van der Waals surface area contributed by atoms with E-state index in [9.17, 15) is 14.4 Å². The van der Waals surface area contributed by atoms with Crippen molar-refractivity contribution in [2.75, 3.05) is 11.9 Å². The SMILES string of the molecule is CC(OC(=O)COc1ccc2c(c1)CCC(=O)N2)C(=O)c1ccccc1. The average Bonchev–Trinajstić information content (AvgIpc) is 2.66. The number of Topliss-reactive ketones (excluding diaryl/α,β-unsaturated/α-hetero) is 1. The third-order valence-corrected chi connectivity index (χ3v) is 4.06. The molecule has 1 heterocycles. The number of amides is 1. The summed E-state index contributed by atoms with van der Waals surface area (Å²) in [7, 11) is 0. The molecule has 1 unspecified atom stereocenters. The van der Waals surface area contributed by atoms with Crippen LogP contribution in [0.15, 0.2) is 48.5 Å². The van der Waals surface area contributed by atoms with Crippen molar-refractivity contribution in [3.05, 3.63) is 59.7 Å². The Bertz CT molecular complexity index is 831. The van der Waals surface area contributed by atoms with Gasteiger partial charge in [0.25, 0.3) is 0 Å². The van der Waals surface area contributed by atoms with Gasteiger partial charge in [-0.15, -0.1) is 0 Å². The molecule has 26 heavy (non-hydrogen) atoms. The lowest BCUT2D eigenvalue weighted by Crippen LogP contribution is -2.27. The van der Waals surface area contributed by atoms with Crippen LogP contribution in [0.3, 0.4) is 0 Å². The second-order valence-electron chi connectivity index (χ2n) is 6.02. The molecule has 1 amide bonds. The highest BCUT2D eigenvalue weighted by atomic mass is 16.6. The van der Waals surface area contributed by atoms with Crippen LogP contribution in [0.5, 0.6) is 5.75 Å². The predicted octanol–water partition coefficient (Wildman–Crippen LogP) is 2.76. The van der Waals surface area contributed by atoms with Gasteiger partial charge in [0, 0.05) is 17.7 Å². The summed E-state index contributed by atoms with van der Waals surface area (Å²) in [4.78, 5) is 35.5. The van der Waals surface area contributed by atoms with E-state index >= 15 is 0 Å². The molecule has 0 aromatic heterocycles. The molecule has 0 saturated heterocycles. The van der Waals surface area contributed by atoms with E-state index in [1.54, 1.807) is 42.5 Å². The van der Waals surface area contributed by atoms with Gasteiger partial charge >= 0.3 is 5.97 Å². The summed E-state index contributed by atoms with van der Waals surface area (Å²) < 4.78 is 10.6. The van der Waals surface area contributed by atoms with Crippen molar-refractivity contribution in [3.8, 4) is 5.75 Å². The highest BCUT2D eigenvalue weighted by molar-refractivity contribution is 6.00. The number of carbonyl (C=O) groups is 3. The van der Waals surface area contributed by atoms with Crippen LogP contribution in [-0.2, 0) is 20.7 Å². The largest absolute Gasteiger partial charge is 0.482 e. The first-order valence-electron chi connectivity index (χ1n) is 8.37. The molecular formula is C20H19NO5. The van der Waals surface area contributed by atoms with Crippen LogP contribution in [0.1, 0.15) is 29.3 Å². The number of hydrogen-bond donors (Lipinski definition) is 1. The number of nitrogens with one attached hydrogen (secondary N) is 1. The van der Waals surface area contributed by atoms with Gasteiger partial charge in [-0.05, 0) is 37.1 Å². The van der Waals surface area contributed by atoms with Gasteiger partial charge in [0.05, 0.1) is 0 Å². The Labute approximate surface area is 151 Å². The number of aryl methyl sites for hydroxylation is 1. The molecular weight excluding hydrogens is 334 g/mol. The zero-order valence-electron chi connectivity index (χ0n) is 14.4. The highest BCUT2D eigenvalue weighted by Gasteiger charge is 2.20. The number of anilines is 1. The van der Waals surface area contributed by atoms with Crippen LogP contribution >= 0.6 is 0 Å². The van der Waals surface area contributed by atoms with Crippen LogP contribution in [-0.4, -0.2) is 30.4 Å². The number of ketones is 1. The minimum Gasteiger partial charge on any atom is -0.482 e. The summed E-state index contributed by atoms with van der Waals surface area (Å²) in [5.41, 5.74) is 2.21. The molecule has 0 bridgehead atoms. The summed E-state index contributed by atoms with van der Waals surface area (Å²) in [6.45, 7) is 1.24. The Morgan fingerprint density at radius 1 is 1.12 bits per heavy atom. The molecule has 0 saturated carbocycles. The van der Waals surface area contributed by atoms with E-state index in [1.165, 1.54) is 6.92 Å². The smallest absolute Gasteiger partial charge is 0.344 e. The Hall–Kier alpha value is -3.15. The van der Waals surface area contributed by atoms with Crippen molar-refractivity contribution in [1.82, 2.24) is 0 Å². The first kappa shape index (κ1) is 17.7. The number of ether oxygens (including phenoxy) is 2. The predicted molar refractivity (Wildman–Crippen MR) is 95.2 cm³/mol. The maximum atomic E-state index is 12.2. The molecule has 1 aliphatic rings. The van der Waals surface area contributed by atoms with E-state index in [0.717, 1.165) is 11.3 Å². The number of hydrogen-bond acceptors (Lipinski definition) is 5. The number of carbonyl (C=O) groups excluding carboxylic acids is 3. The second-order valence-corrected chi connectivity index (χ2v) is 6.02. The zero-order chi connectivity index (χ0) is 18.5. The summed E-state index contributed by atoms with van der Waals surface area (Å²) in [5.74, 6) is -0.373. The zero-order valence-corrected chi connectivity index (χ0v) is 14.4. The molecule has 2 aromatic carbocycles. The van der Waals surface area contributed by atoms with E-state index < -0.39 is 12.1 Å². The molecule has 0 fully saturated rings. The molecule has 0 aliphatic carbocycles. The fraction of sp³-hybridized carbons (Fsp3) is 0.250. The number of rotatable bonds is 6. The van der Waals surface area contributed by atoms with Crippen molar-refractivity contribution < 1.29 is 23.9 Å². The van der Waals surface area contributed by atoms with Gasteiger partial charge < -0.3 is 14.8 Å². The third kappa shape index (κ3) is 4.27. The lowest BCUT2D eigenvalue weighted by Gasteiger charge is -2.18. The van der Waals surface area contributed by atoms with Crippen LogP contribution < -0.4 is 10.1 Å². The van der Waals surface area contributed by atoms with Gasteiger partial charge in [0.15, 0.2) is 12.7 Å². The van der Waals surface area contributed by atoms with E-state index in [2.05, 4.69) is 5.32 Å². The van der Waals surface area contributed by atoms with Crippen molar-refractivity contribution in [2.45, 2.75) is 25.9 Å². The van der Waals surface area contributed by atoms with Gasteiger partial charge in [-0.2, -0.15) is 0 Å². The van der Waals surface area contributed by atoms with Crippen molar-refractivity contribution >= 4 is 23.3 Å². The van der Waals surface area contributed by atoms with E-state index in [4.69, 9.17) is 9.47 Å². The first-order valence-corrected chi connectivity index (χ1v) is 8.37. The standard InChI is InChI=1S/C20H19NO5/c1-13(20(24)14-5-3-2-4-6-14)26-19(23)12-25-16-8-9-17-15(11-16)7-10-18(22)21-17/h2-6,8-9,11,13H,7,10,12H2,1H3,(H,21,22). The minimum absolute atomic E-state index is 0.00758. The fourth-order valence-corrected chi connectivity index (χ4v) is 2.71. The molecule has 6 heteroatoms. The average molecular weight is 353 g/mol. The van der Waals surface area contributed by atoms with Crippen LogP contribution in [0.4, 0.5) is 5.69 Å². The van der Waals surface area contributed by atoms with Crippen molar-refractivity contribution in [2.24, 2.45) is 0 Å². The molecule has 134 valence electrons. The number of esters is 1. The molecule has 1 N–H and O–H groups in total. The normalized spacial score (nSPS) is 14.0. The molecule has 6 nitrogen and oxygen atoms in total. The molecule has 3 rings (SSSR count). The lowest BCUT2D eigenvalue weighted by molar-refractivity contribution is -0.148. The maximum Gasteiger partial charge on any atom is 0.344 e. The Morgan fingerprint density at radius 2 is 1.88 bits per heavy atom. The Morgan fingerprint density at radius 3 is 2.65 bits per heavy atom. The summed E-state index contributed by atoms with van der Waals surface area (Å²) >= 11 is 0. The topological polar surface area (TPSA) is 81.7 Å². The first-order chi connectivity index (χ1) is 12.5. The van der Waals surface area contributed by atoms with Gasteiger partial charge in [-0.25, -0.2) is 4.79 Å². The molecule has 0 radical (unpaired) electrons. The van der Waals surface area contributed by atoms with E-state index in [1.807, 2.05) is 6.07 Å². The van der Waals surface area contributed by atoms with Crippen LogP contribution in [0, 0.1) is 0 Å². The highest BCUT2D eigenvalue weighted by Crippen LogP contribution is 2.26. The number of fused-ring (bicyclic) bond motifs is 1. The fourth-order valence-electron chi connectivity index (χ4n) is 2.71. The number of benzene rings is 2. The van der Waals surface area contributed by atoms with Crippen LogP contribution in [0.25, 0.3) is 0 Å². The van der Waals surface area contributed by atoms with Gasteiger partial charge in [-0.3, -0.25) is 9.59 Å². The Kier molecular flexibility index (Phi) is 5.31. The monoisotopic (exact) mass is 353 g/mol. The molecule has 1 aliphatic heterocycles. The van der Waals surface area contributed by atoms with E-state index in [0.29, 0.717) is 24.2 Å². The second kappa shape index (κ2) is 7.82. The van der Waals surface area contributed by atoms with Gasteiger partial charge in [-0.1, -0.05) is 30.3 Å². The minimum atomic E-state index is -0.882. The summed E-state index contributed by atoms with van der Waals surface area (Å²) in [6, 6.07) is 13.9. The Balaban J connectivity index is 1.53. The quantitative estimate of drug-likeness (QED) is 0.638.